The lowest BCUT2D eigenvalue weighted by molar-refractivity contribution is 0.00258. The molecule has 26 heavy (non-hydrogen) atoms. The second-order valence-electron chi connectivity index (χ2n) is 7.14. The van der Waals surface area contributed by atoms with Crippen LogP contribution < -0.4 is 4.74 Å². The second-order valence-corrected chi connectivity index (χ2v) is 7.14. The van der Waals surface area contributed by atoms with Crippen LogP contribution in [0.2, 0.25) is 0 Å². The molecule has 0 spiro atoms. The molecule has 2 aliphatic rings. The van der Waals surface area contributed by atoms with Crippen molar-refractivity contribution in [2.75, 3.05) is 6.61 Å². The first-order valence-corrected chi connectivity index (χ1v) is 9.24. The Morgan fingerprint density at radius 1 is 1.15 bits per heavy atom. The molecule has 2 aromatic rings. The summed E-state index contributed by atoms with van der Waals surface area (Å²) in [6.45, 7) is 2.94. The van der Waals surface area contributed by atoms with E-state index in [1.165, 1.54) is 0 Å². The Morgan fingerprint density at radius 3 is 2.81 bits per heavy atom. The lowest BCUT2D eigenvalue weighted by Gasteiger charge is -2.29. The van der Waals surface area contributed by atoms with Crippen LogP contribution in [0.5, 0.6) is 11.6 Å². The van der Waals surface area contributed by atoms with Crippen molar-refractivity contribution in [2.24, 2.45) is 0 Å². The van der Waals surface area contributed by atoms with Gasteiger partial charge in [0.25, 0.3) is 0 Å². The number of nitrogens with zero attached hydrogens (tertiary/aromatic N) is 2. The van der Waals surface area contributed by atoms with E-state index in [1.807, 2.05) is 19.1 Å². The number of aryl methyl sites for hydroxylation is 1. The van der Waals surface area contributed by atoms with Crippen molar-refractivity contribution in [1.29, 1.82) is 0 Å². The molecule has 0 amide bonds. The lowest BCUT2D eigenvalue weighted by Crippen LogP contribution is -2.35. The maximum absolute atomic E-state index is 10.3. The van der Waals surface area contributed by atoms with Crippen molar-refractivity contribution in [2.45, 2.75) is 57.8 Å². The number of aliphatic hydroxyl groups excluding tert-OH is 1. The van der Waals surface area contributed by atoms with Crippen LogP contribution in [0.15, 0.2) is 18.2 Å². The van der Waals surface area contributed by atoms with Crippen LogP contribution in [0.4, 0.5) is 0 Å². The third-order valence-corrected chi connectivity index (χ3v) is 5.23. The highest BCUT2D eigenvalue weighted by molar-refractivity contribution is 5.71. The Morgan fingerprint density at radius 2 is 2.00 bits per heavy atom. The fraction of sp³-hybridized carbons (Fsp3) is 0.500. The van der Waals surface area contributed by atoms with Crippen molar-refractivity contribution in [3.8, 4) is 22.9 Å². The predicted molar refractivity (Wildman–Crippen MR) is 96.1 cm³/mol. The Labute approximate surface area is 152 Å². The van der Waals surface area contributed by atoms with Gasteiger partial charge in [-0.05, 0) is 43.9 Å². The van der Waals surface area contributed by atoms with Gasteiger partial charge in [-0.3, -0.25) is 0 Å². The van der Waals surface area contributed by atoms with Crippen LogP contribution in [0.25, 0.3) is 11.3 Å². The van der Waals surface area contributed by atoms with Gasteiger partial charge >= 0.3 is 0 Å². The lowest BCUT2D eigenvalue weighted by atomic mass is 9.94. The number of hydrogen-bond acceptors (Lipinski definition) is 6. The molecule has 0 unspecified atom stereocenters. The molecule has 1 fully saturated rings. The first kappa shape index (κ1) is 17.2. The molecule has 0 saturated heterocycles. The van der Waals surface area contributed by atoms with E-state index >= 15 is 0 Å². The average Bonchev–Trinajstić information content (AvgIpc) is 2.64. The van der Waals surface area contributed by atoms with Gasteiger partial charge in [0.15, 0.2) is 0 Å². The highest BCUT2D eigenvalue weighted by Gasteiger charge is 2.29. The van der Waals surface area contributed by atoms with Crippen molar-refractivity contribution in [3.05, 3.63) is 34.9 Å². The van der Waals surface area contributed by atoms with Gasteiger partial charge in [0, 0.05) is 23.1 Å². The van der Waals surface area contributed by atoms with E-state index in [-0.39, 0.29) is 11.9 Å². The van der Waals surface area contributed by atoms with Gasteiger partial charge < -0.3 is 19.7 Å². The van der Waals surface area contributed by atoms with Crippen molar-refractivity contribution in [3.63, 3.8) is 0 Å². The summed E-state index contributed by atoms with van der Waals surface area (Å²) in [5.74, 6) is 0.674. The maximum atomic E-state index is 10.3. The summed E-state index contributed by atoms with van der Waals surface area (Å²) in [7, 11) is 0. The quantitative estimate of drug-likeness (QED) is 0.880. The van der Waals surface area contributed by atoms with E-state index < -0.39 is 6.10 Å². The minimum Gasteiger partial charge on any atom is -0.507 e. The number of aromatic hydroxyl groups is 1. The molecule has 6 nitrogen and oxygen atoms in total. The highest BCUT2D eigenvalue weighted by atomic mass is 16.5. The summed E-state index contributed by atoms with van der Waals surface area (Å²) in [6, 6.07) is 5.51. The zero-order valence-electron chi connectivity index (χ0n) is 14.9. The van der Waals surface area contributed by atoms with Crippen LogP contribution >= 0.6 is 0 Å². The molecule has 0 radical (unpaired) electrons. The van der Waals surface area contributed by atoms with Crippen molar-refractivity contribution >= 4 is 0 Å². The van der Waals surface area contributed by atoms with Crippen LogP contribution in [0.3, 0.4) is 0 Å². The van der Waals surface area contributed by atoms with Crippen LogP contribution in [-0.4, -0.2) is 39.2 Å². The smallest absolute Gasteiger partial charge is 0.237 e. The van der Waals surface area contributed by atoms with Crippen molar-refractivity contribution in [1.82, 2.24) is 10.2 Å². The number of phenolic OH excluding ortho intramolecular Hbond substituents is 1. The van der Waals surface area contributed by atoms with Gasteiger partial charge in [-0.25, -0.2) is 0 Å². The first-order valence-electron chi connectivity index (χ1n) is 9.24. The van der Waals surface area contributed by atoms with Gasteiger partial charge in [-0.1, -0.05) is 12.5 Å². The number of benzene rings is 1. The molecule has 2 N–H and O–H groups in total. The molecule has 2 atom stereocenters. The van der Waals surface area contributed by atoms with Gasteiger partial charge in [0.05, 0.1) is 19.3 Å². The molecule has 138 valence electrons. The number of rotatable bonds is 3. The summed E-state index contributed by atoms with van der Waals surface area (Å²) in [5.41, 5.74) is 4.14. The predicted octanol–water partition coefficient (Wildman–Crippen LogP) is 2.91. The fourth-order valence-corrected chi connectivity index (χ4v) is 3.76. The van der Waals surface area contributed by atoms with Gasteiger partial charge in [0.2, 0.25) is 5.88 Å². The van der Waals surface area contributed by atoms with Gasteiger partial charge in [-0.2, -0.15) is 0 Å². The molecule has 6 heteroatoms. The van der Waals surface area contributed by atoms with E-state index in [2.05, 4.69) is 10.2 Å². The molecule has 1 aliphatic heterocycles. The fourth-order valence-electron chi connectivity index (χ4n) is 3.76. The number of aromatic nitrogens is 2. The minimum atomic E-state index is -0.457. The topological polar surface area (TPSA) is 84.7 Å². The molecule has 4 rings (SSSR count). The zero-order chi connectivity index (χ0) is 18.1. The van der Waals surface area contributed by atoms with E-state index in [0.717, 1.165) is 42.4 Å². The Kier molecular flexibility index (Phi) is 4.78. The number of ether oxygens (including phenoxy) is 2. The van der Waals surface area contributed by atoms with Gasteiger partial charge in [-0.15, -0.1) is 10.2 Å². The number of fused-ring (bicyclic) bond motifs is 1. The van der Waals surface area contributed by atoms with Crippen LogP contribution in [-0.2, 0) is 17.8 Å². The molecule has 0 bridgehead atoms. The Bertz CT molecular complexity index is 809. The van der Waals surface area contributed by atoms with Gasteiger partial charge in [0.1, 0.15) is 17.5 Å². The standard InChI is InChI=1S/C20H24N2O4/c1-12-6-7-14(17(24)10-12)19-15-11-25-9-8-13(15)20(22-21-19)26-18-5-3-2-4-16(18)23/h6-7,10,16,18,23-24H,2-5,8-9,11H2,1H3/t16-,18-/m1/s1. The zero-order valence-corrected chi connectivity index (χ0v) is 14.9. The molecular weight excluding hydrogens is 332 g/mol. The van der Waals surface area contributed by atoms with E-state index in [9.17, 15) is 10.2 Å². The molecule has 1 aliphatic carbocycles. The Balaban J connectivity index is 1.72. The summed E-state index contributed by atoms with van der Waals surface area (Å²) < 4.78 is 11.7. The summed E-state index contributed by atoms with van der Waals surface area (Å²) in [5, 5.41) is 29.2. The number of phenols is 1. The average molecular weight is 356 g/mol. The third kappa shape index (κ3) is 3.27. The van der Waals surface area contributed by atoms with E-state index in [4.69, 9.17) is 9.47 Å². The molecule has 1 saturated carbocycles. The van der Waals surface area contributed by atoms with Crippen LogP contribution in [0.1, 0.15) is 42.4 Å². The summed E-state index contributed by atoms with van der Waals surface area (Å²) in [6.07, 6.45) is 3.67. The van der Waals surface area contributed by atoms with Crippen LogP contribution in [0, 0.1) is 6.92 Å². The van der Waals surface area contributed by atoms with E-state index in [0.29, 0.717) is 36.8 Å². The number of hydrogen-bond donors (Lipinski definition) is 2. The first-order chi connectivity index (χ1) is 12.6. The highest BCUT2D eigenvalue weighted by Crippen LogP contribution is 2.37. The number of aliphatic hydroxyl groups is 1. The largest absolute Gasteiger partial charge is 0.507 e. The minimum absolute atomic E-state index is 0.184. The monoisotopic (exact) mass is 356 g/mol. The molecule has 1 aromatic carbocycles. The molecule has 1 aromatic heterocycles. The van der Waals surface area contributed by atoms with Crippen molar-refractivity contribution < 1.29 is 19.7 Å². The Hall–Kier alpha value is -2.18. The normalized spacial score (nSPS) is 22.7. The SMILES string of the molecule is Cc1ccc(-c2nnc(O[C@@H]3CCCC[C@H]3O)c3c2COCC3)c(O)c1. The maximum Gasteiger partial charge on any atom is 0.237 e. The summed E-state index contributed by atoms with van der Waals surface area (Å²) in [4.78, 5) is 0. The second kappa shape index (κ2) is 7.21. The van der Waals surface area contributed by atoms with E-state index in [1.54, 1.807) is 6.07 Å². The molecule has 2 heterocycles. The summed E-state index contributed by atoms with van der Waals surface area (Å²) >= 11 is 0. The molecular formula is C20H24N2O4. The third-order valence-electron chi connectivity index (χ3n) is 5.23.